The van der Waals surface area contributed by atoms with Crippen LogP contribution in [0.5, 0.6) is 5.75 Å². The van der Waals surface area contributed by atoms with E-state index in [2.05, 4.69) is 24.1 Å². The third kappa shape index (κ3) is 5.87. The zero-order valence-electron chi connectivity index (χ0n) is 14.7. The third-order valence-electron chi connectivity index (χ3n) is 4.46. The summed E-state index contributed by atoms with van der Waals surface area (Å²) in [6.07, 6.45) is 3.51. The number of nitrogens with one attached hydrogen (secondary N) is 1. The van der Waals surface area contributed by atoms with E-state index in [4.69, 9.17) is 4.74 Å². The summed E-state index contributed by atoms with van der Waals surface area (Å²) in [6.45, 7) is 9.01. The molecule has 128 valence electrons. The SMILES string of the molecule is COc1cccc(C(=O)NCCCCN2C[C@@H](C)C[C@H](C)C2)c1. The molecule has 0 saturated carbocycles. The van der Waals surface area contributed by atoms with Crippen LogP contribution in [-0.4, -0.2) is 44.1 Å². The van der Waals surface area contributed by atoms with Gasteiger partial charge in [-0.05, 0) is 55.8 Å². The van der Waals surface area contributed by atoms with E-state index in [1.54, 1.807) is 13.2 Å². The second-order valence-electron chi connectivity index (χ2n) is 6.90. The highest BCUT2D eigenvalue weighted by Gasteiger charge is 2.20. The lowest BCUT2D eigenvalue weighted by Gasteiger charge is -2.34. The van der Waals surface area contributed by atoms with Gasteiger partial charge in [-0.1, -0.05) is 19.9 Å². The van der Waals surface area contributed by atoms with Crippen LogP contribution in [0.15, 0.2) is 24.3 Å². The van der Waals surface area contributed by atoms with Crippen LogP contribution >= 0.6 is 0 Å². The number of likely N-dealkylation sites (tertiary alicyclic amines) is 1. The first kappa shape index (κ1) is 17.8. The molecule has 0 radical (unpaired) electrons. The van der Waals surface area contributed by atoms with Crippen molar-refractivity contribution in [1.29, 1.82) is 0 Å². The van der Waals surface area contributed by atoms with Crippen LogP contribution in [0.1, 0.15) is 43.5 Å². The molecule has 23 heavy (non-hydrogen) atoms. The second kappa shape index (κ2) is 8.92. The number of carbonyl (C=O) groups excluding carboxylic acids is 1. The van der Waals surface area contributed by atoms with Crippen molar-refractivity contribution in [1.82, 2.24) is 10.2 Å². The van der Waals surface area contributed by atoms with Crippen molar-refractivity contribution >= 4 is 5.91 Å². The fourth-order valence-electron chi connectivity index (χ4n) is 3.50. The fraction of sp³-hybridized carbons (Fsp3) is 0.632. The quantitative estimate of drug-likeness (QED) is 0.785. The Labute approximate surface area is 140 Å². The van der Waals surface area contributed by atoms with Crippen molar-refractivity contribution in [2.75, 3.05) is 33.3 Å². The van der Waals surface area contributed by atoms with Gasteiger partial charge in [0.25, 0.3) is 5.91 Å². The van der Waals surface area contributed by atoms with Gasteiger partial charge in [-0.3, -0.25) is 4.79 Å². The normalized spacial score (nSPS) is 21.9. The largest absolute Gasteiger partial charge is 0.497 e. The van der Waals surface area contributed by atoms with Crippen molar-refractivity contribution < 1.29 is 9.53 Å². The zero-order valence-corrected chi connectivity index (χ0v) is 14.7. The molecule has 1 aliphatic heterocycles. The van der Waals surface area contributed by atoms with Crippen molar-refractivity contribution in [3.63, 3.8) is 0 Å². The van der Waals surface area contributed by atoms with E-state index in [9.17, 15) is 4.79 Å². The molecule has 0 spiro atoms. The first-order chi connectivity index (χ1) is 11.1. The Morgan fingerprint density at radius 3 is 2.70 bits per heavy atom. The monoisotopic (exact) mass is 318 g/mol. The topological polar surface area (TPSA) is 41.6 Å². The maximum Gasteiger partial charge on any atom is 0.251 e. The summed E-state index contributed by atoms with van der Waals surface area (Å²) >= 11 is 0. The van der Waals surface area contributed by atoms with Crippen LogP contribution in [0.3, 0.4) is 0 Å². The van der Waals surface area contributed by atoms with Crippen LogP contribution in [0, 0.1) is 11.8 Å². The van der Waals surface area contributed by atoms with Gasteiger partial charge in [-0.15, -0.1) is 0 Å². The van der Waals surface area contributed by atoms with E-state index in [1.165, 1.54) is 19.5 Å². The Bertz CT molecular complexity index is 494. The molecule has 1 N–H and O–H groups in total. The molecular weight excluding hydrogens is 288 g/mol. The number of benzene rings is 1. The first-order valence-corrected chi connectivity index (χ1v) is 8.73. The molecule has 2 atom stereocenters. The van der Waals surface area contributed by atoms with Crippen LogP contribution in [0.4, 0.5) is 0 Å². The lowest BCUT2D eigenvalue weighted by molar-refractivity contribution is 0.0951. The molecule has 0 aliphatic carbocycles. The zero-order chi connectivity index (χ0) is 16.7. The summed E-state index contributed by atoms with van der Waals surface area (Å²) in [6, 6.07) is 7.27. The summed E-state index contributed by atoms with van der Waals surface area (Å²) in [5.41, 5.74) is 0.656. The number of nitrogens with zero attached hydrogens (tertiary/aromatic N) is 1. The van der Waals surface area contributed by atoms with E-state index < -0.39 is 0 Å². The highest BCUT2D eigenvalue weighted by molar-refractivity contribution is 5.94. The number of piperidine rings is 1. The molecule has 1 amide bonds. The molecule has 4 heteroatoms. The number of ether oxygens (including phenoxy) is 1. The van der Waals surface area contributed by atoms with Crippen LogP contribution in [0.2, 0.25) is 0 Å². The molecule has 0 unspecified atom stereocenters. The molecule has 1 aromatic carbocycles. The summed E-state index contributed by atoms with van der Waals surface area (Å²) in [7, 11) is 1.61. The van der Waals surface area contributed by atoms with Crippen molar-refractivity contribution in [3.8, 4) is 5.75 Å². The molecule has 4 nitrogen and oxygen atoms in total. The van der Waals surface area contributed by atoms with Crippen molar-refractivity contribution in [2.45, 2.75) is 33.1 Å². The van der Waals surface area contributed by atoms with E-state index in [0.717, 1.165) is 37.8 Å². The minimum absolute atomic E-state index is 0.0240. The molecular formula is C19H30N2O2. The number of methoxy groups -OCH3 is 1. The van der Waals surface area contributed by atoms with Crippen LogP contribution in [-0.2, 0) is 0 Å². The van der Waals surface area contributed by atoms with Gasteiger partial charge < -0.3 is 15.0 Å². The molecule has 0 aromatic heterocycles. The predicted molar refractivity (Wildman–Crippen MR) is 93.9 cm³/mol. The number of rotatable bonds is 7. The van der Waals surface area contributed by atoms with Crippen LogP contribution in [0.25, 0.3) is 0 Å². The van der Waals surface area contributed by atoms with Crippen molar-refractivity contribution in [2.24, 2.45) is 11.8 Å². The van der Waals surface area contributed by atoms with Crippen molar-refractivity contribution in [3.05, 3.63) is 29.8 Å². The minimum atomic E-state index is -0.0240. The smallest absolute Gasteiger partial charge is 0.251 e. The Morgan fingerprint density at radius 2 is 2.00 bits per heavy atom. The second-order valence-corrected chi connectivity index (χ2v) is 6.90. The Kier molecular flexibility index (Phi) is 6.90. The molecule has 1 saturated heterocycles. The van der Waals surface area contributed by atoms with Gasteiger partial charge in [0.1, 0.15) is 5.75 Å². The van der Waals surface area contributed by atoms with E-state index in [-0.39, 0.29) is 5.91 Å². The molecule has 1 aliphatic rings. The fourth-order valence-corrected chi connectivity index (χ4v) is 3.50. The molecule has 0 bridgehead atoms. The Hall–Kier alpha value is -1.55. The van der Waals surface area contributed by atoms with Crippen LogP contribution < -0.4 is 10.1 Å². The lowest BCUT2D eigenvalue weighted by atomic mass is 9.92. The van der Waals surface area contributed by atoms with Gasteiger partial charge >= 0.3 is 0 Å². The number of carbonyl (C=O) groups is 1. The lowest BCUT2D eigenvalue weighted by Crippen LogP contribution is -2.39. The van der Waals surface area contributed by atoms with E-state index in [1.807, 2.05) is 18.2 Å². The molecule has 1 fully saturated rings. The highest BCUT2D eigenvalue weighted by atomic mass is 16.5. The summed E-state index contributed by atoms with van der Waals surface area (Å²) in [4.78, 5) is 14.7. The summed E-state index contributed by atoms with van der Waals surface area (Å²) in [5, 5.41) is 2.99. The average Bonchev–Trinajstić information content (AvgIpc) is 2.53. The summed E-state index contributed by atoms with van der Waals surface area (Å²) < 4.78 is 5.15. The van der Waals surface area contributed by atoms with Gasteiger partial charge in [0.05, 0.1) is 7.11 Å². The van der Waals surface area contributed by atoms with Gasteiger partial charge in [0.15, 0.2) is 0 Å². The molecule has 1 aromatic rings. The summed E-state index contributed by atoms with van der Waals surface area (Å²) in [5.74, 6) is 2.31. The first-order valence-electron chi connectivity index (χ1n) is 8.73. The van der Waals surface area contributed by atoms with Gasteiger partial charge in [0, 0.05) is 25.2 Å². The van der Waals surface area contributed by atoms with Gasteiger partial charge in [-0.25, -0.2) is 0 Å². The Balaban J connectivity index is 1.64. The van der Waals surface area contributed by atoms with E-state index in [0.29, 0.717) is 11.3 Å². The van der Waals surface area contributed by atoms with Gasteiger partial charge in [-0.2, -0.15) is 0 Å². The maximum absolute atomic E-state index is 12.1. The Morgan fingerprint density at radius 1 is 1.26 bits per heavy atom. The third-order valence-corrected chi connectivity index (χ3v) is 4.46. The number of unbranched alkanes of at least 4 members (excludes halogenated alkanes) is 1. The van der Waals surface area contributed by atoms with Gasteiger partial charge in [0.2, 0.25) is 0 Å². The molecule has 2 rings (SSSR count). The van der Waals surface area contributed by atoms with E-state index >= 15 is 0 Å². The standard InChI is InChI=1S/C19H30N2O2/c1-15-11-16(2)14-21(13-15)10-5-4-9-20-19(22)17-7-6-8-18(12-17)23-3/h6-8,12,15-16H,4-5,9-11,13-14H2,1-3H3,(H,20,22)/t15-,16-/m0/s1. The number of hydrogen-bond acceptors (Lipinski definition) is 3. The number of hydrogen-bond donors (Lipinski definition) is 1. The number of amides is 1. The maximum atomic E-state index is 12.1. The highest BCUT2D eigenvalue weighted by Crippen LogP contribution is 2.21. The minimum Gasteiger partial charge on any atom is -0.497 e. The molecule has 1 heterocycles. The predicted octanol–water partition coefficient (Wildman–Crippen LogP) is 3.18. The average molecular weight is 318 g/mol.